The number of oxime groups is 1. The maximum Gasteiger partial charge on any atom is 0.0704 e. The number of benzene rings is 1. The number of nitrogens with zero attached hydrogens (tertiary/aromatic N) is 1. The first-order valence-corrected chi connectivity index (χ1v) is 8.07. The second-order valence-electron chi connectivity index (χ2n) is 6.10. The van der Waals surface area contributed by atoms with Crippen molar-refractivity contribution < 1.29 is 10.3 Å². The molecule has 0 amide bonds. The first-order valence-electron chi connectivity index (χ1n) is 7.69. The molecule has 0 atom stereocenters. The summed E-state index contributed by atoms with van der Waals surface area (Å²) in [5.74, 6) is 0. The second kappa shape index (κ2) is 6.37. The Balaban J connectivity index is 2.32. The van der Waals surface area contributed by atoms with E-state index in [1.165, 1.54) is 0 Å². The highest BCUT2D eigenvalue weighted by Crippen LogP contribution is 2.47. The summed E-state index contributed by atoms with van der Waals surface area (Å²) in [6.45, 7) is 3.93. The molecule has 0 saturated heterocycles. The number of halogens is 1. The van der Waals surface area contributed by atoms with Crippen molar-refractivity contribution in [2.45, 2.75) is 63.4 Å². The van der Waals surface area contributed by atoms with Crippen LogP contribution in [0.2, 0.25) is 5.02 Å². The van der Waals surface area contributed by atoms with Gasteiger partial charge >= 0.3 is 0 Å². The second-order valence-corrected chi connectivity index (χ2v) is 6.53. The maximum absolute atomic E-state index is 10.6. The first kappa shape index (κ1) is 16.3. The van der Waals surface area contributed by atoms with Gasteiger partial charge < -0.3 is 10.3 Å². The molecule has 1 fully saturated rings. The average molecular weight is 310 g/mol. The fourth-order valence-electron chi connectivity index (χ4n) is 3.16. The van der Waals surface area contributed by atoms with Crippen LogP contribution in [0.25, 0.3) is 0 Å². The van der Waals surface area contributed by atoms with Gasteiger partial charge in [0.05, 0.1) is 11.3 Å². The van der Waals surface area contributed by atoms with Crippen LogP contribution in [0.4, 0.5) is 0 Å². The van der Waals surface area contributed by atoms with Crippen LogP contribution in [0.15, 0.2) is 29.4 Å². The van der Waals surface area contributed by atoms with Crippen LogP contribution in [-0.4, -0.2) is 21.6 Å². The monoisotopic (exact) mass is 309 g/mol. The molecule has 0 radical (unpaired) electrons. The van der Waals surface area contributed by atoms with E-state index in [2.05, 4.69) is 5.16 Å². The van der Waals surface area contributed by atoms with Gasteiger partial charge in [0.1, 0.15) is 0 Å². The Bertz CT molecular complexity index is 502. The highest BCUT2D eigenvalue weighted by atomic mass is 35.5. The Hall–Kier alpha value is -1.06. The van der Waals surface area contributed by atoms with Crippen LogP contribution in [-0.2, 0) is 5.41 Å². The topological polar surface area (TPSA) is 52.8 Å². The van der Waals surface area contributed by atoms with Gasteiger partial charge in [-0.15, -0.1) is 0 Å². The molecule has 3 nitrogen and oxygen atoms in total. The molecule has 116 valence electrons. The molecule has 0 unspecified atom stereocenters. The third kappa shape index (κ3) is 3.09. The van der Waals surface area contributed by atoms with Crippen molar-refractivity contribution in [1.82, 2.24) is 0 Å². The number of hydrogen-bond donors (Lipinski definition) is 2. The third-order valence-electron chi connectivity index (χ3n) is 5.09. The zero-order valence-electron chi connectivity index (χ0n) is 12.8. The van der Waals surface area contributed by atoms with Crippen LogP contribution in [0, 0.1) is 0 Å². The van der Waals surface area contributed by atoms with E-state index in [0.717, 1.165) is 24.8 Å². The molecule has 4 heteroatoms. The lowest BCUT2D eigenvalue weighted by molar-refractivity contribution is 0.0364. The zero-order chi connectivity index (χ0) is 15.5. The summed E-state index contributed by atoms with van der Waals surface area (Å²) in [5, 5.41) is 24.4. The van der Waals surface area contributed by atoms with E-state index in [1.54, 1.807) is 0 Å². The highest BCUT2D eigenvalue weighted by molar-refractivity contribution is 6.30. The largest absolute Gasteiger partial charge is 0.411 e. The molecule has 1 aliphatic carbocycles. The van der Waals surface area contributed by atoms with Gasteiger partial charge in [0, 0.05) is 16.9 Å². The van der Waals surface area contributed by atoms with Gasteiger partial charge in [0.25, 0.3) is 0 Å². The SMILES string of the molecule is CCC(O)(CC)C/C(=N/O)C1(c2ccc(Cl)cc2)CCC1. The van der Waals surface area contributed by atoms with Crippen LogP contribution >= 0.6 is 11.6 Å². The predicted octanol–water partition coefficient (Wildman–Crippen LogP) is 4.53. The summed E-state index contributed by atoms with van der Waals surface area (Å²) in [6.07, 6.45) is 4.74. The van der Waals surface area contributed by atoms with E-state index in [9.17, 15) is 10.3 Å². The standard InChI is InChI=1S/C17H24ClNO2/c1-3-16(20,4-2)12-15(19-21)17(10-5-11-17)13-6-8-14(18)9-7-13/h6-9,20-21H,3-5,10-12H2,1-2H3/b19-15-. The van der Waals surface area contributed by atoms with Gasteiger partial charge in [0.2, 0.25) is 0 Å². The minimum absolute atomic E-state index is 0.238. The molecule has 1 saturated carbocycles. The zero-order valence-corrected chi connectivity index (χ0v) is 13.5. The third-order valence-corrected chi connectivity index (χ3v) is 5.34. The lowest BCUT2D eigenvalue weighted by Gasteiger charge is -2.44. The van der Waals surface area contributed by atoms with Gasteiger partial charge in [0.15, 0.2) is 0 Å². The molecule has 2 rings (SSSR count). The Morgan fingerprint density at radius 1 is 1.24 bits per heavy atom. The van der Waals surface area contributed by atoms with E-state index in [0.29, 0.717) is 30.0 Å². The molecule has 0 aliphatic heterocycles. The molecule has 1 aromatic carbocycles. The van der Waals surface area contributed by atoms with Crippen LogP contribution in [0.3, 0.4) is 0 Å². The highest BCUT2D eigenvalue weighted by Gasteiger charge is 2.45. The van der Waals surface area contributed by atoms with Crippen LogP contribution in [0.1, 0.15) is 57.9 Å². The Morgan fingerprint density at radius 2 is 1.81 bits per heavy atom. The summed E-state index contributed by atoms with van der Waals surface area (Å²) in [4.78, 5) is 0. The minimum atomic E-state index is -0.795. The molecular weight excluding hydrogens is 286 g/mol. The molecule has 0 aromatic heterocycles. The number of aliphatic hydroxyl groups is 1. The number of hydrogen-bond acceptors (Lipinski definition) is 3. The summed E-state index contributed by atoms with van der Waals surface area (Å²) in [6, 6.07) is 7.75. The van der Waals surface area contributed by atoms with E-state index < -0.39 is 5.60 Å². The smallest absolute Gasteiger partial charge is 0.0704 e. The van der Waals surface area contributed by atoms with Gasteiger partial charge in [-0.25, -0.2) is 0 Å². The molecular formula is C17H24ClNO2. The van der Waals surface area contributed by atoms with Crippen molar-refractivity contribution in [3.63, 3.8) is 0 Å². The normalized spacial score (nSPS) is 18.4. The Morgan fingerprint density at radius 3 is 2.19 bits per heavy atom. The van der Waals surface area contributed by atoms with Gasteiger partial charge in [-0.1, -0.05) is 49.2 Å². The van der Waals surface area contributed by atoms with E-state index in [4.69, 9.17) is 11.6 Å². The van der Waals surface area contributed by atoms with Gasteiger partial charge in [-0.3, -0.25) is 0 Å². The van der Waals surface area contributed by atoms with Crippen molar-refractivity contribution in [2.75, 3.05) is 0 Å². The molecule has 21 heavy (non-hydrogen) atoms. The van der Waals surface area contributed by atoms with Crippen LogP contribution < -0.4 is 0 Å². The lowest BCUT2D eigenvalue weighted by atomic mass is 9.60. The van der Waals surface area contributed by atoms with E-state index in [1.807, 2.05) is 38.1 Å². The molecule has 1 aliphatic rings. The summed E-state index contributed by atoms with van der Waals surface area (Å²) in [5.41, 5.74) is 0.789. The fraction of sp³-hybridized carbons (Fsp3) is 0.588. The minimum Gasteiger partial charge on any atom is -0.411 e. The number of rotatable bonds is 6. The molecule has 2 N–H and O–H groups in total. The quantitative estimate of drug-likeness (QED) is 0.461. The molecule has 0 spiro atoms. The van der Waals surface area contributed by atoms with Crippen LogP contribution in [0.5, 0.6) is 0 Å². The van der Waals surface area contributed by atoms with E-state index >= 15 is 0 Å². The molecule has 0 heterocycles. The van der Waals surface area contributed by atoms with Crippen molar-refractivity contribution in [3.8, 4) is 0 Å². The summed E-state index contributed by atoms with van der Waals surface area (Å²) in [7, 11) is 0. The first-order chi connectivity index (χ1) is 9.99. The lowest BCUT2D eigenvalue weighted by Crippen LogP contribution is -2.46. The van der Waals surface area contributed by atoms with Crippen molar-refractivity contribution in [3.05, 3.63) is 34.9 Å². The van der Waals surface area contributed by atoms with Crippen molar-refractivity contribution in [2.24, 2.45) is 5.16 Å². The summed E-state index contributed by atoms with van der Waals surface area (Å²) >= 11 is 5.97. The maximum atomic E-state index is 10.6. The van der Waals surface area contributed by atoms with Gasteiger partial charge in [-0.2, -0.15) is 0 Å². The fourth-order valence-corrected chi connectivity index (χ4v) is 3.28. The average Bonchev–Trinajstić information content (AvgIpc) is 2.46. The Kier molecular flexibility index (Phi) is 4.95. The van der Waals surface area contributed by atoms with Crippen molar-refractivity contribution in [1.29, 1.82) is 0 Å². The Labute approximate surface area is 131 Å². The van der Waals surface area contributed by atoms with Gasteiger partial charge in [-0.05, 0) is 43.4 Å². The summed E-state index contributed by atoms with van der Waals surface area (Å²) < 4.78 is 0. The predicted molar refractivity (Wildman–Crippen MR) is 86.4 cm³/mol. The molecule has 0 bridgehead atoms. The van der Waals surface area contributed by atoms with Crippen molar-refractivity contribution >= 4 is 17.3 Å². The van der Waals surface area contributed by atoms with E-state index in [-0.39, 0.29) is 5.41 Å². The molecule has 1 aromatic rings.